The lowest BCUT2D eigenvalue weighted by Crippen LogP contribution is -2.44. The number of alkyl carbamates (subject to hydrolysis) is 1. The molecule has 0 bridgehead atoms. The van der Waals surface area contributed by atoms with Gasteiger partial charge in [-0.05, 0) is 40.5 Å². The first-order valence-corrected chi connectivity index (χ1v) is 9.54. The van der Waals surface area contributed by atoms with Gasteiger partial charge in [0.15, 0.2) is 5.96 Å². The van der Waals surface area contributed by atoms with E-state index in [1.54, 1.807) is 0 Å². The van der Waals surface area contributed by atoms with E-state index < -0.39 is 5.60 Å². The summed E-state index contributed by atoms with van der Waals surface area (Å²) in [5.41, 5.74) is -0.503. The van der Waals surface area contributed by atoms with E-state index in [1.165, 1.54) is 0 Å². The second-order valence-corrected chi connectivity index (χ2v) is 7.41. The van der Waals surface area contributed by atoms with Gasteiger partial charge in [-0.25, -0.2) is 4.79 Å². The molecule has 1 heterocycles. The standard InChI is InChI=1S/C18H35N5O3/c1-6-10-20-15(24)8-11-21-16(19-7-2)23-12-9-14(13-23)22-17(25)26-18(3,4)5/h14H,6-13H2,1-5H3,(H,19,21)(H,20,24)(H,22,25). The maximum atomic E-state index is 11.9. The van der Waals surface area contributed by atoms with Crippen LogP contribution in [0.5, 0.6) is 0 Å². The SMILES string of the molecule is CCCNC(=O)CCN=C(NCC)N1CCC(NC(=O)OC(C)(C)C)C1. The summed E-state index contributed by atoms with van der Waals surface area (Å²) in [4.78, 5) is 30.2. The zero-order valence-corrected chi connectivity index (χ0v) is 16.9. The fourth-order valence-electron chi connectivity index (χ4n) is 2.59. The van der Waals surface area contributed by atoms with E-state index in [4.69, 9.17) is 4.74 Å². The number of hydrogen-bond donors (Lipinski definition) is 3. The molecule has 0 aliphatic carbocycles. The van der Waals surface area contributed by atoms with E-state index in [2.05, 4.69) is 25.8 Å². The highest BCUT2D eigenvalue weighted by atomic mass is 16.6. The van der Waals surface area contributed by atoms with Crippen LogP contribution in [0.2, 0.25) is 0 Å². The van der Waals surface area contributed by atoms with Gasteiger partial charge in [0, 0.05) is 32.6 Å². The minimum atomic E-state index is -0.503. The van der Waals surface area contributed by atoms with E-state index in [0.29, 0.717) is 26.1 Å². The molecule has 1 atom stereocenters. The lowest BCUT2D eigenvalue weighted by Gasteiger charge is -2.23. The van der Waals surface area contributed by atoms with Gasteiger partial charge in [-0.15, -0.1) is 0 Å². The molecule has 1 aliphatic heterocycles. The summed E-state index contributed by atoms with van der Waals surface area (Å²) < 4.78 is 5.31. The molecule has 3 N–H and O–H groups in total. The number of carbonyl (C=O) groups is 2. The second kappa shape index (κ2) is 10.9. The molecule has 26 heavy (non-hydrogen) atoms. The second-order valence-electron chi connectivity index (χ2n) is 7.41. The van der Waals surface area contributed by atoms with Gasteiger partial charge in [0.1, 0.15) is 5.60 Å². The van der Waals surface area contributed by atoms with Crippen LogP contribution in [0.25, 0.3) is 0 Å². The fraction of sp³-hybridized carbons (Fsp3) is 0.833. The molecule has 0 aromatic carbocycles. The van der Waals surface area contributed by atoms with Crippen molar-refractivity contribution in [2.45, 2.75) is 65.5 Å². The van der Waals surface area contributed by atoms with Gasteiger partial charge in [0.05, 0.1) is 12.6 Å². The molecular formula is C18H35N5O3. The van der Waals surface area contributed by atoms with Crippen LogP contribution in [0.15, 0.2) is 4.99 Å². The summed E-state index contributed by atoms with van der Waals surface area (Å²) in [6, 6.07) is 0.0292. The molecule has 0 spiro atoms. The molecule has 1 rings (SSSR count). The van der Waals surface area contributed by atoms with Gasteiger partial charge >= 0.3 is 6.09 Å². The maximum absolute atomic E-state index is 11.9. The van der Waals surface area contributed by atoms with E-state index in [9.17, 15) is 9.59 Å². The normalized spacial score (nSPS) is 17.8. The van der Waals surface area contributed by atoms with Crippen molar-refractivity contribution in [3.8, 4) is 0 Å². The fourth-order valence-corrected chi connectivity index (χ4v) is 2.59. The highest BCUT2D eigenvalue weighted by molar-refractivity contribution is 5.81. The molecule has 1 fully saturated rings. The summed E-state index contributed by atoms with van der Waals surface area (Å²) >= 11 is 0. The highest BCUT2D eigenvalue weighted by Gasteiger charge is 2.27. The lowest BCUT2D eigenvalue weighted by atomic mass is 10.2. The third-order valence-corrected chi connectivity index (χ3v) is 3.72. The van der Waals surface area contributed by atoms with Crippen LogP contribution in [0, 0.1) is 0 Å². The third kappa shape index (κ3) is 8.92. The summed E-state index contributed by atoms with van der Waals surface area (Å²) in [6.45, 7) is 12.9. The van der Waals surface area contributed by atoms with Crippen molar-refractivity contribution in [2.24, 2.45) is 4.99 Å². The van der Waals surface area contributed by atoms with Crippen molar-refractivity contribution >= 4 is 18.0 Å². The Kier molecular flexibility index (Phi) is 9.23. The molecule has 0 aromatic rings. The average molecular weight is 370 g/mol. The minimum absolute atomic E-state index is 0.0253. The first-order chi connectivity index (χ1) is 12.2. The Balaban J connectivity index is 2.48. The summed E-state index contributed by atoms with van der Waals surface area (Å²) in [5, 5.41) is 9.02. The molecule has 0 radical (unpaired) electrons. The molecule has 1 aliphatic rings. The van der Waals surface area contributed by atoms with Crippen LogP contribution in [0.1, 0.15) is 53.9 Å². The number of amides is 2. The quantitative estimate of drug-likeness (QED) is 0.467. The number of nitrogens with zero attached hydrogens (tertiary/aromatic N) is 2. The lowest BCUT2D eigenvalue weighted by molar-refractivity contribution is -0.120. The van der Waals surface area contributed by atoms with Crippen molar-refractivity contribution in [3.63, 3.8) is 0 Å². The Morgan fingerprint density at radius 2 is 1.96 bits per heavy atom. The minimum Gasteiger partial charge on any atom is -0.444 e. The molecule has 1 saturated heterocycles. The molecular weight excluding hydrogens is 334 g/mol. The topological polar surface area (TPSA) is 95.1 Å². The van der Waals surface area contributed by atoms with Crippen LogP contribution < -0.4 is 16.0 Å². The molecule has 8 heteroatoms. The van der Waals surface area contributed by atoms with E-state index in [1.807, 2.05) is 34.6 Å². The van der Waals surface area contributed by atoms with Crippen molar-refractivity contribution in [2.75, 3.05) is 32.7 Å². The Morgan fingerprint density at radius 1 is 1.23 bits per heavy atom. The number of nitrogens with one attached hydrogen (secondary N) is 3. The Morgan fingerprint density at radius 3 is 2.58 bits per heavy atom. The van der Waals surface area contributed by atoms with Crippen molar-refractivity contribution in [3.05, 3.63) is 0 Å². The molecule has 8 nitrogen and oxygen atoms in total. The van der Waals surface area contributed by atoms with E-state index in [-0.39, 0.29) is 18.0 Å². The van der Waals surface area contributed by atoms with Gasteiger partial charge in [-0.3, -0.25) is 9.79 Å². The number of likely N-dealkylation sites (tertiary alicyclic amines) is 1. The zero-order chi connectivity index (χ0) is 19.6. The predicted octanol–water partition coefficient (Wildman–Crippen LogP) is 1.47. The molecule has 0 saturated carbocycles. The highest BCUT2D eigenvalue weighted by Crippen LogP contribution is 2.12. The predicted molar refractivity (Wildman–Crippen MR) is 103 cm³/mol. The average Bonchev–Trinajstić information content (AvgIpc) is 2.98. The van der Waals surface area contributed by atoms with Crippen molar-refractivity contribution in [1.82, 2.24) is 20.9 Å². The van der Waals surface area contributed by atoms with Crippen LogP contribution in [0.3, 0.4) is 0 Å². The number of guanidine groups is 1. The van der Waals surface area contributed by atoms with Crippen LogP contribution >= 0.6 is 0 Å². The number of ether oxygens (including phenoxy) is 1. The molecule has 0 aromatic heterocycles. The number of rotatable bonds is 7. The van der Waals surface area contributed by atoms with Gasteiger partial charge in [-0.1, -0.05) is 6.92 Å². The third-order valence-electron chi connectivity index (χ3n) is 3.72. The maximum Gasteiger partial charge on any atom is 0.407 e. The number of carbonyl (C=O) groups excluding carboxylic acids is 2. The monoisotopic (exact) mass is 369 g/mol. The summed E-state index contributed by atoms with van der Waals surface area (Å²) in [6.07, 6.45) is 1.75. The molecule has 1 unspecified atom stereocenters. The van der Waals surface area contributed by atoms with E-state index >= 15 is 0 Å². The first kappa shape index (κ1) is 22.1. The molecule has 150 valence electrons. The Labute approximate surface area is 157 Å². The van der Waals surface area contributed by atoms with Crippen molar-refractivity contribution < 1.29 is 14.3 Å². The summed E-state index contributed by atoms with van der Waals surface area (Å²) in [7, 11) is 0. The van der Waals surface area contributed by atoms with Gasteiger partial charge in [0.25, 0.3) is 0 Å². The van der Waals surface area contributed by atoms with Crippen LogP contribution in [0.4, 0.5) is 4.79 Å². The zero-order valence-electron chi connectivity index (χ0n) is 16.9. The van der Waals surface area contributed by atoms with Crippen LogP contribution in [-0.2, 0) is 9.53 Å². The van der Waals surface area contributed by atoms with Crippen LogP contribution in [-0.4, -0.2) is 67.2 Å². The first-order valence-electron chi connectivity index (χ1n) is 9.54. The van der Waals surface area contributed by atoms with Crippen molar-refractivity contribution in [1.29, 1.82) is 0 Å². The smallest absolute Gasteiger partial charge is 0.407 e. The largest absolute Gasteiger partial charge is 0.444 e. The van der Waals surface area contributed by atoms with Gasteiger partial charge < -0.3 is 25.6 Å². The molecule has 2 amide bonds. The number of hydrogen-bond acceptors (Lipinski definition) is 4. The van der Waals surface area contributed by atoms with E-state index in [0.717, 1.165) is 31.9 Å². The van der Waals surface area contributed by atoms with Gasteiger partial charge in [0.2, 0.25) is 5.91 Å². The Bertz CT molecular complexity index is 488. The number of aliphatic imine (C=N–C) groups is 1. The summed E-state index contributed by atoms with van der Waals surface area (Å²) in [5.74, 6) is 0.807. The Hall–Kier alpha value is -1.99. The van der Waals surface area contributed by atoms with Gasteiger partial charge in [-0.2, -0.15) is 0 Å².